The number of aliphatic hydroxyl groups excluding tert-OH is 1. The van der Waals surface area contributed by atoms with Crippen LogP contribution in [-0.4, -0.2) is 29.6 Å². The Morgan fingerprint density at radius 3 is 2.50 bits per heavy atom. The summed E-state index contributed by atoms with van der Waals surface area (Å²) < 4.78 is 0. The van der Waals surface area contributed by atoms with Crippen LogP contribution in [0.4, 0.5) is 5.69 Å². The molecule has 1 aliphatic heterocycles. The van der Waals surface area contributed by atoms with Crippen LogP contribution in [0.5, 0.6) is 0 Å². The summed E-state index contributed by atoms with van der Waals surface area (Å²) in [5, 5.41) is 10.4. The molecule has 1 saturated heterocycles. The molecule has 20 heavy (non-hydrogen) atoms. The number of nitrogen functional groups attached to an aromatic ring is 1. The van der Waals surface area contributed by atoms with E-state index in [0.29, 0.717) is 5.41 Å². The minimum Gasteiger partial charge on any atom is -0.399 e. The molecule has 0 radical (unpaired) electrons. The molecule has 3 N–H and O–H groups in total. The third-order valence-corrected chi connectivity index (χ3v) is 5.31. The third-order valence-electron chi connectivity index (χ3n) is 5.31. The van der Waals surface area contributed by atoms with Crippen molar-refractivity contribution in [2.45, 2.75) is 44.6 Å². The van der Waals surface area contributed by atoms with Gasteiger partial charge in [-0.25, -0.2) is 0 Å². The number of anilines is 1. The summed E-state index contributed by atoms with van der Waals surface area (Å²) in [4.78, 5) is 2.41. The molecule has 1 aromatic carbocycles. The minimum absolute atomic E-state index is 0.420. The Bertz CT molecular complexity index is 444. The van der Waals surface area contributed by atoms with Crippen molar-refractivity contribution >= 4 is 5.69 Å². The van der Waals surface area contributed by atoms with Gasteiger partial charge in [-0.2, -0.15) is 0 Å². The second-order valence-corrected chi connectivity index (χ2v) is 6.69. The summed E-state index contributed by atoms with van der Waals surface area (Å²) in [6.45, 7) is 3.01. The Morgan fingerprint density at radius 2 is 1.85 bits per heavy atom. The molecule has 1 atom stereocenters. The number of nitrogens with two attached hydrogens (primary N) is 1. The third kappa shape index (κ3) is 2.99. The number of likely N-dealkylation sites (tertiary alicyclic amines) is 1. The summed E-state index contributed by atoms with van der Waals surface area (Å²) in [6.07, 6.45) is 7.92. The lowest BCUT2D eigenvalue weighted by molar-refractivity contribution is 0.0596. The van der Waals surface area contributed by atoms with E-state index < -0.39 is 6.10 Å². The molecule has 1 heterocycles. The highest BCUT2D eigenvalue weighted by Crippen LogP contribution is 2.46. The number of aliphatic hydroxyl groups is 1. The van der Waals surface area contributed by atoms with Gasteiger partial charge in [0, 0.05) is 12.2 Å². The topological polar surface area (TPSA) is 49.5 Å². The van der Waals surface area contributed by atoms with Crippen molar-refractivity contribution in [3.8, 4) is 0 Å². The zero-order valence-electron chi connectivity index (χ0n) is 12.2. The number of hydrogen-bond acceptors (Lipinski definition) is 3. The molecule has 0 amide bonds. The van der Waals surface area contributed by atoms with Crippen LogP contribution in [0.1, 0.15) is 50.2 Å². The second-order valence-electron chi connectivity index (χ2n) is 6.69. The summed E-state index contributed by atoms with van der Waals surface area (Å²) in [7, 11) is 0. The van der Waals surface area contributed by atoms with E-state index in [1.165, 1.54) is 38.5 Å². The van der Waals surface area contributed by atoms with Gasteiger partial charge in [0.2, 0.25) is 0 Å². The molecule has 1 aliphatic carbocycles. The van der Waals surface area contributed by atoms with Crippen molar-refractivity contribution in [3.05, 3.63) is 29.8 Å². The second kappa shape index (κ2) is 5.74. The van der Waals surface area contributed by atoms with E-state index in [1.807, 2.05) is 24.3 Å². The largest absolute Gasteiger partial charge is 0.399 e. The number of piperidine rings is 1. The van der Waals surface area contributed by atoms with Crippen molar-refractivity contribution in [1.82, 2.24) is 4.90 Å². The summed E-state index contributed by atoms with van der Waals surface area (Å²) in [5.41, 5.74) is 8.10. The van der Waals surface area contributed by atoms with Crippen molar-refractivity contribution < 1.29 is 5.11 Å². The Balaban J connectivity index is 1.54. The molecular formula is C17H26N2O. The molecule has 1 saturated carbocycles. The van der Waals surface area contributed by atoms with Crippen molar-refractivity contribution in [2.24, 2.45) is 5.41 Å². The van der Waals surface area contributed by atoms with Crippen LogP contribution in [0, 0.1) is 5.41 Å². The quantitative estimate of drug-likeness (QED) is 0.833. The zero-order chi connectivity index (χ0) is 14.0. The van der Waals surface area contributed by atoms with E-state index in [4.69, 9.17) is 5.73 Å². The SMILES string of the molecule is Nc1cccc(C(O)CN2CCC3(CCCC3)CC2)c1. The lowest BCUT2D eigenvalue weighted by Crippen LogP contribution is -2.40. The van der Waals surface area contributed by atoms with Crippen LogP contribution in [0.15, 0.2) is 24.3 Å². The zero-order valence-corrected chi connectivity index (χ0v) is 12.2. The Hall–Kier alpha value is -1.06. The molecule has 110 valence electrons. The fourth-order valence-electron chi connectivity index (χ4n) is 3.95. The van der Waals surface area contributed by atoms with Gasteiger partial charge in [-0.1, -0.05) is 25.0 Å². The first kappa shape index (κ1) is 13.9. The van der Waals surface area contributed by atoms with Gasteiger partial charge in [0.1, 0.15) is 0 Å². The number of benzene rings is 1. The molecule has 0 bridgehead atoms. The molecule has 1 aromatic rings. The van der Waals surface area contributed by atoms with Gasteiger partial charge in [-0.15, -0.1) is 0 Å². The van der Waals surface area contributed by atoms with E-state index in [2.05, 4.69) is 4.90 Å². The van der Waals surface area contributed by atoms with E-state index >= 15 is 0 Å². The molecule has 3 nitrogen and oxygen atoms in total. The lowest BCUT2D eigenvalue weighted by Gasteiger charge is -2.40. The first-order valence-electron chi connectivity index (χ1n) is 7.93. The molecule has 3 heteroatoms. The minimum atomic E-state index is -0.420. The molecule has 1 spiro atoms. The van der Waals surface area contributed by atoms with Crippen molar-refractivity contribution in [1.29, 1.82) is 0 Å². The van der Waals surface area contributed by atoms with Crippen LogP contribution in [0.3, 0.4) is 0 Å². The Labute approximate surface area is 121 Å². The molecule has 3 rings (SSSR count). The van der Waals surface area contributed by atoms with Crippen LogP contribution < -0.4 is 5.73 Å². The number of nitrogens with zero attached hydrogens (tertiary/aromatic N) is 1. The predicted octanol–water partition coefficient (Wildman–Crippen LogP) is 2.96. The van der Waals surface area contributed by atoms with Gasteiger partial charge in [-0.3, -0.25) is 0 Å². The maximum absolute atomic E-state index is 10.4. The van der Waals surface area contributed by atoms with Gasteiger partial charge in [0.05, 0.1) is 6.10 Å². The van der Waals surface area contributed by atoms with Crippen LogP contribution in [0.25, 0.3) is 0 Å². The molecule has 0 aromatic heterocycles. The standard InChI is InChI=1S/C17H26N2O/c18-15-5-3-4-14(12-15)16(20)13-19-10-8-17(9-11-19)6-1-2-7-17/h3-5,12,16,20H,1-2,6-11,13,18H2. The van der Waals surface area contributed by atoms with Gasteiger partial charge >= 0.3 is 0 Å². The van der Waals surface area contributed by atoms with E-state index in [-0.39, 0.29) is 0 Å². The first-order valence-corrected chi connectivity index (χ1v) is 7.93. The highest BCUT2D eigenvalue weighted by Gasteiger charge is 2.37. The average molecular weight is 274 g/mol. The fourth-order valence-corrected chi connectivity index (χ4v) is 3.95. The summed E-state index contributed by atoms with van der Waals surface area (Å²) >= 11 is 0. The number of rotatable bonds is 3. The summed E-state index contributed by atoms with van der Waals surface area (Å²) in [6, 6.07) is 7.62. The Kier molecular flexibility index (Phi) is 3.99. The van der Waals surface area contributed by atoms with E-state index in [0.717, 1.165) is 30.9 Å². The predicted molar refractivity (Wildman–Crippen MR) is 82.4 cm³/mol. The maximum Gasteiger partial charge on any atom is 0.0917 e. The normalized spacial score (nSPS) is 24.1. The van der Waals surface area contributed by atoms with Crippen LogP contribution in [-0.2, 0) is 0 Å². The average Bonchev–Trinajstić information content (AvgIpc) is 2.90. The monoisotopic (exact) mass is 274 g/mol. The van der Waals surface area contributed by atoms with E-state index in [9.17, 15) is 5.11 Å². The number of β-amino-alcohol motifs (C(OH)–C–C–N with tert-alkyl or cyclic N) is 1. The van der Waals surface area contributed by atoms with Gasteiger partial charge < -0.3 is 15.7 Å². The van der Waals surface area contributed by atoms with Crippen molar-refractivity contribution in [2.75, 3.05) is 25.4 Å². The summed E-state index contributed by atoms with van der Waals surface area (Å²) in [5.74, 6) is 0. The van der Waals surface area contributed by atoms with Crippen molar-refractivity contribution in [3.63, 3.8) is 0 Å². The molecule has 1 unspecified atom stereocenters. The maximum atomic E-state index is 10.4. The van der Waals surface area contributed by atoms with Crippen LogP contribution in [0.2, 0.25) is 0 Å². The highest BCUT2D eigenvalue weighted by molar-refractivity contribution is 5.41. The fraction of sp³-hybridized carbons (Fsp3) is 0.647. The van der Waals surface area contributed by atoms with E-state index in [1.54, 1.807) is 0 Å². The number of hydrogen-bond donors (Lipinski definition) is 2. The smallest absolute Gasteiger partial charge is 0.0917 e. The Morgan fingerprint density at radius 1 is 1.15 bits per heavy atom. The molecular weight excluding hydrogens is 248 g/mol. The highest BCUT2D eigenvalue weighted by atomic mass is 16.3. The molecule has 2 fully saturated rings. The molecule has 2 aliphatic rings. The lowest BCUT2D eigenvalue weighted by atomic mass is 9.77. The van der Waals surface area contributed by atoms with Gasteiger partial charge in [0.15, 0.2) is 0 Å². The first-order chi connectivity index (χ1) is 9.67. The van der Waals surface area contributed by atoms with Gasteiger partial charge in [-0.05, 0) is 61.9 Å². The van der Waals surface area contributed by atoms with Crippen LogP contribution >= 0.6 is 0 Å². The van der Waals surface area contributed by atoms with Gasteiger partial charge in [0.25, 0.3) is 0 Å².